The van der Waals surface area contributed by atoms with Crippen LogP contribution in [0.3, 0.4) is 0 Å². The van der Waals surface area contributed by atoms with Crippen LogP contribution in [0.25, 0.3) is 0 Å². The van der Waals surface area contributed by atoms with Crippen molar-refractivity contribution in [3.05, 3.63) is 35.9 Å². The van der Waals surface area contributed by atoms with Crippen LogP contribution < -0.4 is 10.6 Å². The van der Waals surface area contributed by atoms with E-state index in [1.807, 2.05) is 30.3 Å². The summed E-state index contributed by atoms with van der Waals surface area (Å²) in [6.07, 6.45) is 4.90. The molecule has 186 valence electrons. The monoisotopic (exact) mass is 471 g/mol. The number of aliphatic hydroxyl groups excluding tert-OH is 1. The van der Waals surface area contributed by atoms with Crippen LogP contribution in [-0.2, 0) is 25.7 Å². The number of nitrogens with zero attached hydrogens (tertiary/aromatic N) is 1. The molecule has 0 saturated carbocycles. The summed E-state index contributed by atoms with van der Waals surface area (Å²) in [5.74, 6) is -1.74. The van der Waals surface area contributed by atoms with E-state index in [1.165, 1.54) is 0 Å². The number of aliphatic hydroxyl groups is 1. The minimum absolute atomic E-state index is 0.107. The number of hydrogen-bond acceptors (Lipinski definition) is 5. The van der Waals surface area contributed by atoms with Gasteiger partial charge in [-0.1, -0.05) is 43.7 Å². The second kappa shape index (κ2) is 10.9. The molecule has 5 atom stereocenters. The quantitative estimate of drug-likeness (QED) is 0.403. The number of rotatable bonds is 12. The third-order valence-corrected chi connectivity index (χ3v) is 7.55. The van der Waals surface area contributed by atoms with E-state index in [0.717, 1.165) is 24.8 Å². The van der Waals surface area contributed by atoms with Crippen molar-refractivity contribution in [2.75, 3.05) is 19.7 Å². The first-order valence-corrected chi connectivity index (χ1v) is 12.7. The van der Waals surface area contributed by atoms with Gasteiger partial charge in [-0.3, -0.25) is 14.4 Å². The highest BCUT2D eigenvalue weighted by molar-refractivity contribution is 5.98. The van der Waals surface area contributed by atoms with Gasteiger partial charge >= 0.3 is 0 Å². The molecule has 3 heterocycles. The molecule has 3 aliphatic heterocycles. The first-order valence-electron chi connectivity index (χ1n) is 12.7. The predicted molar refractivity (Wildman–Crippen MR) is 126 cm³/mol. The van der Waals surface area contributed by atoms with Gasteiger partial charge in [0.1, 0.15) is 11.6 Å². The molecule has 3 N–H and O–H groups in total. The third-order valence-electron chi connectivity index (χ3n) is 7.55. The average Bonchev–Trinajstić information content (AvgIpc) is 3.48. The first-order chi connectivity index (χ1) is 16.5. The van der Waals surface area contributed by atoms with Gasteiger partial charge in [0, 0.05) is 26.2 Å². The van der Waals surface area contributed by atoms with Crippen LogP contribution in [0, 0.1) is 11.8 Å². The molecule has 3 amide bonds. The van der Waals surface area contributed by atoms with E-state index in [9.17, 15) is 14.4 Å². The lowest BCUT2D eigenvalue weighted by atomic mass is 9.70. The van der Waals surface area contributed by atoms with Crippen LogP contribution in [0.15, 0.2) is 30.3 Å². The standard InChI is InChI=1S/C26H37N3O5/c1-2-3-14-27-24(32)22-26-13-12-19(34-26)20(23(31)28-17-18-10-6-4-7-11-18)21(26)25(33)29(22)15-8-5-9-16-30/h4,6-7,10-11,19-22,30H,2-3,5,8-9,12-17H2,1H3,(H,27,32)(H,28,31)/t19-,20+,21-,22?,26?/m0/s1. The number of ether oxygens (including phenoxy) is 1. The maximum absolute atomic E-state index is 13.7. The summed E-state index contributed by atoms with van der Waals surface area (Å²) in [6.45, 7) is 3.55. The minimum Gasteiger partial charge on any atom is -0.396 e. The number of carbonyl (C=O) groups is 3. The minimum atomic E-state index is -0.941. The maximum atomic E-state index is 13.7. The fourth-order valence-electron chi connectivity index (χ4n) is 5.95. The summed E-state index contributed by atoms with van der Waals surface area (Å²) in [5.41, 5.74) is 0.0510. The molecule has 2 bridgehead atoms. The fraction of sp³-hybridized carbons (Fsp3) is 0.654. The molecular formula is C26H37N3O5. The number of amides is 3. The number of nitrogens with one attached hydrogen (secondary N) is 2. The Morgan fingerprint density at radius 1 is 1.12 bits per heavy atom. The van der Waals surface area contributed by atoms with Gasteiger partial charge in [-0.05, 0) is 44.1 Å². The Kier molecular flexibility index (Phi) is 7.88. The zero-order valence-corrected chi connectivity index (χ0v) is 20.0. The van der Waals surface area contributed by atoms with E-state index in [4.69, 9.17) is 9.84 Å². The molecule has 3 saturated heterocycles. The Morgan fingerprint density at radius 2 is 1.91 bits per heavy atom. The lowest BCUT2D eigenvalue weighted by Gasteiger charge is -2.33. The molecule has 34 heavy (non-hydrogen) atoms. The van der Waals surface area contributed by atoms with Gasteiger partial charge in [-0.2, -0.15) is 0 Å². The van der Waals surface area contributed by atoms with E-state index < -0.39 is 23.5 Å². The lowest BCUT2D eigenvalue weighted by molar-refractivity contribution is -0.142. The summed E-state index contributed by atoms with van der Waals surface area (Å²) in [4.78, 5) is 42.0. The van der Waals surface area contributed by atoms with Crippen molar-refractivity contribution in [1.29, 1.82) is 0 Å². The SMILES string of the molecule is CCCCNC(=O)C1N(CCCCCO)C(=O)[C@@H]2[C@H](C(=O)NCc3ccccc3)[C@@H]3CCC12O3. The van der Waals surface area contributed by atoms with Gasteiger partial charge in [0.15, 0.2) is 0 Å². The molecule has 8 heteroatoms. The normalized spacial score (nSPS) is 29.4. The van der Waals surface area contributed by atoms with E-state index in [2.05, 4.69) is 17.6 Å². The van der Waals surface area contributed by atoms with Gasteiger partial charge < -0.3 is 25.4 Å². The summed E-state index contributed by atoms with van der Waals surface area (Å²) in [6, 6.07) is 8.96. The Bertz CT molecular complexity index is 878. The van der Waals surface area contributed by atoms with Gasteiger partial charge in [0.25, 0.3) is 0 Å². The molecule has 8 nitrogen and oxygen atoms in total. The van der Waals surface area contributed by atoms with E-state index in [0.29, 0.717) is 45.3 Å². The summed E-state index contributed by atoms with van der Waals surface area (Å²) < 4.78 is 6.41. The molecule has 3 aliphatic rings. The predicted octanol–water partition coefficient (Wildman–Crippen LogP) is 1.76. The number of likely N-dealkylation sites (tertiary alicyclic amines) is 1. The van der Waals surface area contributed by atoms with Crippen LogP contribution in [0.5, 0.6) is 0 Å². The van der Waals surface area contributed by atoms with Crippen molar-refractivity contribution in [2.45, 2.75) is 76.2 Å². The Labute approximate surface area is 201 Å². The van der Waals surface area contributed by atoms with Crippen LogP contribution in [-0.4, -0.2) is 65.2 Å². The van der Waals surface area contributed by atoms with Crippen LogP contribution >= 0.6 is 0 Å². The molecule has 0 radical (unpaired) electrons. The van der Waals surface area contributed by atoms with Crippen LogP contribution in [0.1, 0.15) is 57.4 Å². The van der Waals surface area contributed by atoms with Gasteiger partial charge in [-0.25, -0.2) is 0 Å². The summed E-state index contributed by atoms with van der Waals surface area (Å²) >= 11 is 0. The molecule has 4 rings (SSSR count). The number of benzene rings is 1. The highest BCUT2D eigenvalue weighted by Crippen LogP contribution is 2.58. The van der Waals surface area contributed by atoms with Crippen molar-refractivity contribution in [3.8, 4) is 0 Å². The second-order valence-electron chi connectivity index (χ2n) is 9.72. The van der Waals surface area contributed by atoms with Crippen molar-refractivity contribution in [2.24, 2.45) is 11.8 Å². The molecule has 3 fully saturated rings. The van der Waals surface area contributed by atoms with Crippen molar-refractivity contribution in [1.82, 2.24) is 15.5 Å². The lowest BCUT2D eigenvalue weighted by Crippen LogP contribution is -2.55. The maximum Gasteiger partial charge on any atom is 0.245 e. The smallest absolute Gasteiger partial charge is 0.245 e. The molecular weight excluding hydrogens is 434 g/mol. The van der Waals surface area contributed by atoms with Crippen molar-refractivity contribution in [3.63, 3.8) is 0 Å². The molecule has 0 aliphatic carbocycles. The first kappa shape index (κ1) is 24.7. The van der Waals surface area contributed by atoms with E-state index in [1.54, 1.807) is 4.90 Å². The topological polar surface area (TPSA) is 108 Å². The molecule has 0 aromatic heterocycles. The number of unbranched alkanes of at least 4 members (excludes halogenated alkanes) is 3. The number of hydrogen-bond donors (Lipinski definition) is 3. The number of fused-ring (bicyclic) bond motifs is 1. The van der Waals surface area contributed by atoms with Crippen LogP contribution in [0.2, 0.25) is 0 Å². The van der Waals surface area contributed by atoms with Gasteiger partial charge in [-0.15, -0.1) is 0 Å². The summed E-state index contributed by atoms with van der Waals surface area (Å²) in [7, 11) is 0. The Morgan fingerprint density at radius 3 is 2.65 bits per heavy atom. The van der Waals surface area contributed by atoms with Crippen molar-refractivity contribution < 1.29 is 24.2 Å². The fourth-order valence-corrected chi connectivity index (χ4v) is 5.95. The second-order valence-corrected chi connectivity index (χ2v) is 9.72. The van der Waals surface area contributed by atoms with Gasteiger partial charge in [0.2, 0.25) is 17.7 Å². The number of carbonyl (C=O) groups excluding carboxylic acids is 3. The highest BCUT2D eigenvalue weighted by Gasteiger charge is 2.74. The Balaban J connectivity index is 1.53. The molecule has 2 unspecified atom stereocenters. The van der Waals surface area contributed by atoms with Gasteiger partial charge in [0.05, 0.1) is 17.9 Å². The largest absolute Gasteiger partial charge is 0.396 e. The average molecular weight is 472 g/mol. The van der Waals surface area contributed by atoms with Crippen molar-refractivity contribution >= 4 is 17.7 Å². The van der Waals surface area contributed by atoms with Crippen LogP contribution in [0.4, 0.5) is 0 Å². The van der Waals surface area contributed by atoms with E-state index in [-0.39, 0.29) is 30.4 Å². The van der Waals surface area contributed by atoms with E-state index >= 15 is 0 Å². The highest BCUT2D eigenvalue weighted by atomic mass is 16.5. The summed E-state index contributed by atoms with van der Waals surface area (Å²) in [5, 5.41) is 15.1. The third kappa shape index (κ3) is 4.58. The molecule has 1 aromatic rings. The molecule has 1 aromatic carbocycles. The molecule has 1 spiro atoms. The Hall–Kier alpha value is -2.45. The zero-order valence-electron chi connectivity index (χ0n) is 20.0. The zero-order chi connectivity index (χ0) is 24.1.